The molecule has 152 valence electrons. The molecule has 2 rings (SSSR count). The number of carbonyl (C=O) groups is 2. The summed E-state index contributed by atoms with van der Waals surface area (Å²) < 4.78 is 10.6. The Morgan fingerprint density at radius 3 is 2.34 bits per heavy atom. The summed E-state index contributed by atoms with van der Waals surface area (Å²) in [5, 5.41) is 3.16. The van der Waals surface area contributed by atoms with E-state index in [0.29, 0.717) is 5.02 Å². The highest BCUT2D eigenvalue weighted by Crippen LogP contribution is 2.10. The number of benzene rings is 2. The minimum atomic E-state index is -0.951. The van der Waals surface area contributed by atoms with Crippen LogP contribution in [0.2, 0.25) is 5.02 Å². The molecule has 2 aromatic carbocycles. The van der Waals surface area contributed by atoms with E-state index in [2.05, 4.69) is 17.2 Å². The first kappa shape index (κ1) is 22.3. The van der Waals surface area contributed by atoms with Crippen molar-refractivity contribution in [1.82, 2.24) is 5.32 Å². The van der Waals surface area contributed by atoms with Crippen molar-refractivity contribution in [3.05, 3.63) is 70.7 Å². The fourth-order valence-corrected chi connectivity index (χ4v) is 2.39. The third-order valence-electron chi connectivity index (χ3n) is 3.58. The van der Waals surface area contributed by atoms with Crippen LogP contribution in [-0.2, 0) is 20.9 Å². The van der Waals surface area contributed by atoms with Gasteiger partial charge in [0, 0.05) is 17.0 Å². The third kappa shape index (κ3) is 8.71. The molecule has 1 atom stereocenters. The summed E-state index contributed by atoms with van der Waals surface area (Å²) in [6, 6.07) is 15.4. The first-order valence-corrected chi connectivity index (χ1v) is 9.55. The number of carbonyl (C=O) groups excluding carboxylic acids is 2. The van der Waals surface area contributed by atoms with Gasteiger partial charge >= 0.3 is 12.1 Å². The van der Waals surface area contributed by atoms with Crippen LogP contribution in [-0.4, -0.2) is 23.7 Å². The van der Waals surface area contributed by atoms with Gasteiger partial charge in [0.25, 0.3) is 0 Å². The van der Waals surface area contributed by atoms with Gasteiger partial charge in [0.15, 0.2) is 0 Å². The summed E-state index contributed by atoms with van der Waals surface area (Å²) in [6.45, 7) is 5.34. The fraction of sp³-hybridized carbons (Fsp3) is 0.304. The van der Waals surface area contributed by atoms with E-state index in [1.807, 2.05) is 30.3 Å². The third-order valence-corrected chi connectivity index (χ3v) is 3.83. The van der Waals surface area contributed by atoms with Crippen molar-refractivity contribution in [2.24, 2.45) is 0 Å². The van der Waals surface area contributed by atoms with Gasteiger partial charge in [-0.3, -0.25) is 0 Å². The molecule has 29 heavy (non-hydrogen) atoms. The maximum atomic E-state index is 12.5. The molecular weight excluding hydrogens is 390 g/mol. The Balaban J connectivity index is 2.04. The van der Waals surface area contributed by atoms with Crippen LogP contribution >= 0.6 is 11.6 Å². The highest BCUT2D eigenvalue weighted by molar-refractivity contribution is 6.30. The van der Waals surface area contributed by atoms with Crippen molar-refractivity contribution >= 4 is 23.7 Å². The lowest BCUT2D eigenvalue weighted by Crippen LogP contribution is -2.44. The van der Waals surface area contributed by atoms with Crippen molar-refractivity contribution in [3.63, 3.8) is 0 Å². The van der Waals surface area contributed by atoms with Gasteiger partial charge in [-0.15, -0.1) is 0 Å². The van der Waals surface area contributed by atoms with Crippen LogP contribution in [0.3, 0.4) is 0 Å². The van der Waals surface area contributed by atoms with Crippen LogP contribution in [0.25, 0.3) is 0 Å². The van der Waals surface area contributed by atoms with E-state index in [-0.39, 0.29) is 13.0 Å². The Kier molecular flexibility index (Phi) is 8.11. The van der Waals surface area contributed by atoms with Gasteiger partial charge in [-0.25, -0.2) is 9.59 Å². The Bertz CT molecular complexity index is 877. The molecule has 0 aliphatic rings. The number of halogens is 1. The summed E-state index contributed by atoms with van der Waals surface area (Å²) in [5.41, 5.74) is 0.921. The Labute approximate surface area is 176 Å². The quantitative estimate of drug-likeness (QED) is 0.569. The number of hydrogen-bond donors (Lipinski definition) is 1. The van der Waals surface area contributed by atoms with Crippen LogP contribution in [0.1, 0.15) is 38.3 Å². The number of hydrogen-bond acceptors (Lipinski definition) is 4. The first-order chi connectivity index (χ1) is 13.7. The lowest BCUT2D eigenvalue weighted by Gasteiger charge is -2.22. The monoisotopic (exact) mass is 413 g/mol. The highest BCUT2D eigenvalue weighted by atomic mass is 35.5. The molecule has 0 aliphatic carbocycles. The van der Waals surface area contributed by atoms with Gasteiger partial charge in [0.1, 0.15) is 18.2 Å². The maximum Gasteiger partial charge on any atom is 0.408 e. The van der Waals surface area contributed by atoms with Gasteiger partial charge in [-0.1, -0.05) is 53.8 Å². The van der Waals surface area contributed by atoms with E-state index >= 15 is 0 Å². The SMILES string of the molecule is CC(C)(C)OC(=O)NC(CC#Cc1ccc(Cl)cc1)C(=O)OCc1ccccc1. The zero-order chi connectivity index (χ0) is 21.3. The van der Waals surface area contributed by atoms with E-state index < -0.39 is 23.7 Å². The second kappa shape index (κ2) is 10.5. The molecule has 6 heteroatoms. The molecule has 1 unspecified atom stereocenters. The number of ether oxygens (including phenoxy) is 2. The number of amides is 1. The van der Waals surface area contributed by atoms with E-state index in [1.54, 1.807) is 45.0 Å². The lowest BCUT2D eigenvalue weighted by atomic mass is 10.1. The lowest BCUT2D eigenvalue weighted by molar-refractivity contribution is -0.147. The molecule has 5 nitrogen and oxygen atoms in total. The molecule has 2 aromatic rings. The predicted octanol–water partition coefficient (Wildman–Crippen LogP) is 4.72. The molecule has 0 spiro atoms. The van der Waals surface area contributed by atoms with Crippen LogP contribution in [0.5, 0.6) is 0 Å². The molecule has 0 heterocycles. The highest BCUT2D eigenvalue weighted by Gasteiger charge is 2.25. The zero-order valence-electron chi connectivity index (χ0n) is 16.7. The normalized spacial score (nSPS) is 11.6. The van der Waals surface area contributed by atoms with E-state index in [0.717, 1.165) is 11.1 Å². The topological polar surface area (TPSA) is 64.6 Å². The van der Waals surface area contributed by atoms with Crippen molar-refractivity contribution in [2.75, 3.05) is 0 Å². The summed E-state index contributed by atoms with van der Waals surface area (Å²) in [7, 11) is 0. The molecular formula is C23H24ClNO4. The fourth-order valence-electron chi connectivity index (χ4n) is 2.26. The van der Waals surface area contributed by atoms with Crippen LogP contribution < -0.4 is 5.32 Å². The molecule has 0 fully saturated rings. The van der Waals surface area contributed by atoms with Gasteiger partial charge in [0.2, 0.25) is 0 Å². The summed E-state index contributed by atoms with van der Waals surface area (Å²) in [5.74, 6) is 5.27. The zero-order valence-corrected chi connectivity index (χ0v) is 17.5. The predicted molar refractivity (Wildman–Crippen MR) is 112 cm³/mol. The molecule has 0 aromatic heterocycles. The average molecular weight is 414 g/mol. The second-order valence-corrected chi connectivity index (χ2v) is 7.74. The number of nitrogens with one attached hydrogen (secondary N) is 1. The number of alkyl carbamates (subject to hydrolysis) is 1. The van der Waals surface area contributed by atoms with Gasteiger partial charge in [-0.2, -0.15) is 0 Å². The van der Waals surface area contributed by atoms with Gasteiger partial charge in [0.05, 0.1) is 0 Å². The standard InChI is InChI=1S/C23H24ClNO4/c1-23(2,3)29-22(27)25-20(11-7-10-17-12-14-19(24)15-13-17)21(26)28-16-18-8-5-4-6-9-18/h4-6,8-9,12-15,20H,11,16H2,1-3H3,(H,25,27). The number of esters is 1. The van der Waals surface area contributed by atoms with Gasteiger partial charge < -0.3 is 14.8 Å². The summed E-state index contributed by atoms with van der Waals surface area (Å²) in [6.07, 6.45) is -0.623. The maximum absolute atomic E-state index is 12.5. The van der Waals surface area contributed by atoms with Crippen molar-refractivity contribution in [1.29, 1.82) is 0 Å². The van der Waals surface area contributed by atoms with Gasteiger partial charge in [-0.05, 0) is 50.6 Å². The molecule has 0 saturated carbocycles. The average Bonchev–Trinajstić information content (AvgIpc) is 2.66. The minimum Gasteiger partial charge on any atom is -0.459 e. The van der Waals surface area contributed by atoms with Crippen molar-refractivity contribution < 1.29 is 19.1 Å². The molecule has 1 amide bonds. The molecule has 0 saturated heterocycles. The minimum absolute atomic E-state index is 0.0789. The van der Waals surface area contributed by atoms with E-state index in [4.69, 9.17) is 21.1 Å². The first-order valence-electron chi connectivity index (χ1n) is 9.17. The van der Waals surface area contributed by atoms with E-state index in [9.17, 15) is 9.59 Å². The second-order valence-electron chi connectivity index (χ2n) is 7.30. The molecule has 0 aliphatic heterocycles. The molecule has 0 bridgehead atoms. The van der Waals surface area contributed by atoms with Crippen molar-refractivity contribution in [3.8, 4) is 11.8 Å². The van der Waals surface area contributed by atoms with Crippen LogP contribution in [0.15, 0.2) is 54.6 Å². The summed E-state index contributed by atoms with van der Waals surface area (Å²) >= 11 is 5.86. The smallest absolute Gasteiger partial charge is 0.408 e. The molecule has 1 N–H and O–H groups in total. The Morgan fingerprint density at radius 1 is 1.07 bits per heavy atom. The molecule has 0 radical (unpaired) electrons. The van der Waals surface area contributed by atoms with Crippen LogP contribution in [0, 0.1) is 11.8 Å². The Hall–Kier alpha value is -2.97. The van der Waals surface area contributed by atoms with Crippen molar-refractivity contribution in [2.45, 2.75) is 45.4 Å². The summed E-state index contributed by atoms with van der Waals surface area (Å²) in [4.78, 5) is 24.6. The van der Waals surface area contributed by atoms with Crippen LogP contribution in [0.4, 0.5) is 4.79 Å². The largest absolute Gasteiger partial charge is 0.459 e. The van der Waals surface area contributed by atoms with E-state index in [1.165, 1.54) is 0 Å². The Morgan fingerprint density at radius 2 is 1.72 bits per heavy atom. The number of rotatable bonds is 5.